The smallest absolute Gasteiger partial charge is 0.356 e. The van der Waals surface area contributed by atoms with Crippen LogP contribution in [0.1, 0.15) is 82.3 Å². The lowest BCUT2D eigenvalue weighted by Gasteiger charge is -2.16. The number of alkyl halides is 2. The first-order chi connectivity index (χ1) is 64.2. The highest BCUT2D eigenvalue weighted by molar-refractivity contribution is 5.95. The number of aryl methyl sites for hydroxylation is 3. The molecule has 39 heteroatoms. The molecule has 0 aliphatic heterocycles. The summed E-state index contributed by atoms with van der Waals surface area (Å²) in [7, 11) is 0. The summed E-state index contributed by atoms with van der Waals surface area (Å²) in [4.78, 5) is 89.4. The Labute approximate surface area is 753 Å². The number of nitro benzene ring substituents is 4. The molecule has 0 unspecified atom stereocenters. The minimum Gasteiger partial charge on any atom is -0.508 e. The van der Waals surface area contributed by atoms with Crippen molar-refractivity contribution in [3.05, 3.63) is 357 Å². The van der Waals surface area contributed by atoms with E-state index in [1.807, 2.05) is 136 Å². The van der Waals surface area contributed by atoms with Gasteiger partial charge in [-0.15, -0.1) is 0 Å². The first kappa shape index (κ1) is 93.9. The van der Waals surface area contributed by atoms with Crippen LogP contribution in [0.3, 0.4) is 0 Å². The average Bonchev–Trinajstić information content (AvgIpc) is 1.69. The molecule has 133 heavy (non-hydrogen) atoms. The fourth-order valence-electron chi connectivity index (χ4n) is 12.7. The summed E-state index contributed by atoms with van der Waals surface area (Å²) in [6, 6.07) is 70.1. The van der Waals surface area contributed by atoms with Gasteiger partial charge in [0.05, 0.1) is 48.6 Å². The zero-order valence-corrected chi connectivity index (χ0v) is 70.8. The molecule has 15 aromatic rings. The number of carbonyl (C=O) groups excluding carboxylic acids is 3. The molecule has 0 radical (unpaired) electrons. The number of phenolic OH excluding ortho intramolecular Hbond substituents is 2. The molecule has 2 amide bonds. The van der Waals surface area contributed by atoms with Gasteiger partial charge in [-0.3, -0.25) is 70.4 Å². The van der Waals surface area contributed by atoms with Gasteiger partial charge in [0.1, 0.15) is 153 Å². The molecule has 678 valence electrons. The number of ether oxygens (including phenoxy) is 8. The van der Waals surface area contributed by atoms with Gasteiger partial charge in [-0.05, 0) is 170 Å². The van der Waals surface area contributed by atoms with E-state index in [9.17, 15) is 83.7 Å². The summed E-state index contributed by atoms with van der Waals surface area (Å²) in [5.74, 6) is 0.541. The Bertz CT molecular complexity index is 6630. The maximum Gasteiger partial charge on any atom is 0.356 e. The number of esters is 1. The summed E-state index contributed by atoms with van der Waals surface area (Å²) in [5.41, 5.74) is 8.23. The van der Waals surface area contributed by atoms with Crippen molar-refractivity contribution in [3.8, 4) is 120 Å². The molecule has 37 nitrogen and oxygen atoms in total. The molecule has 0 aliphatic rings. The van der Waals surface area contributed by atoms with Crippen LogP contribution in [-0.2, 0) is 24.6 Å². The second kappa shape index (κ2) is 44.8. The number of nitrogens with zero attached hydrogens (tertiary/aromatic N) is 8. The zero-order valence-electron chi connectivity index (χ0n) is 70.8. The number of aromatic nitrogens is 8. The van der Waals surface area contributed by atoms with Gasteiger partial charge >= 0.3 is 11.9 Å². The number of carboxylic acid groups (broad SMARTS) is 1. The van der Waals surface area contributed by atoms with E-state index in [0.29, 0.717) is 92.1 Å². The van der Waals surface area contributed by atoms with Gasteiger partial charge < -0.3 is 63.8 Å². The van der Waals surface area contributed by atoms with E-state index >= 15 is 0 Å². The highest BCUT2D eigenvalue weighted by atomic mass is 19.1. The number of nitrogens with one attached hydrogen (secondary N) is 6. The highest BCUT2D eigenvalue weighted by Gasteiger charge is 2.27. The number of hydrogen-bond acceptors (Lipinski definition) is 26. The number of aromatic carboxylic acids is 1. The van der Waals surface area contributed by atoms with E-state index in [4.69, 9.17) is 37.9 Å². The molecular formula is C94H80F2N14O23. The van der Waals surface area contributed by atoms with Crippen LogP contribution in [0.2, 0.25) is 0 Å². The summed E-state index contributed by atoms with van der Waals surface area (Å²) >= 11 is 0. The summed E-state index contributed by atoms with van der Waals surface area (Å²) in [5, 5.41) is 105. The number of aromatic hydroxyl groups is 2. The monoisotopic (exact) mass is 1810 g/mol. The molecule has 11 aromatic carbocycles. The predicted molar refractivity (Wildman–Crippen MR) is 478 cm³/mol. The van der Waals surface area contributed by atoms with Crippen LogP contribution in [0.5, 0.6) is 74.7 Å². The number of non-ortho nitro benzene ring substituents is 4. The quantitative estimate of drug-likeness (QED) is 0.0103. The molecule has 0 spiro atoms. The van der Waals surface area contributed by atoms with Crippen molar-refractivity contribution in [2.45, 2.75) is 47.5 Å². The third kappa shape index (κ3) is 25.6. The SMILES string of the molecule is CCOC(=O)c1cc(-c2c(OCc3ccccc3)cc(C)cc2Oc2ccc([N+](=O)[O-])cc2)n[nH]1.Cc1cc(OCc2ccccc2)c(-c2cc(C(=O)NCCF)[nH]n2)c(Oc2ccc([N+](=O)[O-])cc2)c1.Cc1cc(OCc2ccccc2)c(-c2cc(C(=O)O)[nH]n2)c(Oc2ccc([N+](=O)[O-])cc2)c1.O=C(NCCF)c1cc(-c2c(O)cc(O)cc2Oc2ccc([N+](=O)[O-])cc2)n[nH]1. The maximum absolute atomic E-state index is 12.5. The van der Waals surface area contributed by atoms with E-state index < -0.39 is 56.8 Å². The number of rotatable bonds is 34. The molecule has 0 aliphatic carbocycles. The van der Waals surface area contributed by atoms with Crippen molar-refractivity contribution in [2.24, 2.45) is 0 Å². The maximum atomic E-state index is 12.5. The van der Waals surface area contributed by atoms with Crippen LogP contribution < -0.4 is 43.8 Å². The summed E-state index contributed by atoms with van der Waals surface area (Å²) < 4.78 is 72.0. The number of phenols is 2. The number of nitro groups is 4. The van der Waals surface area contributed by atoms with Crippen LogP contribution in [0, 0.1) is 61.2 Å². The van der Waals surface area contributed by atoms with Gasteiger partial charge in [-0.1, -0.05) is 91.0 Å². The van der Waals surface area contributed by atoms with Gasteiger partial charge in [-0.25, -0.2) is 18.4 Å². The lowest BCUT2D eigenvalue weighted by atomic mass is 10.1. The van der Waals surface area contributed by atoms with Crippen molar-refractivity contribution in [3.63, 3.8) is 0 Å². The van der Waals surface area contributed by atoms with Crippen molar-refractivity contribution < 1.29 is 101 Å². The standard InChI is InChI=1S/C26H23FN4O5.C26H23N3O6.C24H19N3O6.C18H15FN4O6/c1-17-13-23(35-16-18-5-3-2-4-6-18)25(21-15-22(30-29-21)26(32)28-12-11-27)24(14-17)36-20-9-7-19(8-10-20)31(33)34;1-3-33-26(30)22-15-21(27-28-22)25-23(34-16-18-7-5-4-6-8-18)13-17(2)14-24(25)35-20-11-9-19(10-12-20)29(31)32;1-15-11-21(32-14-16-5-3-2-4-6-16)23(19-13-20(24(28)29)26-25-19)22(12-15)33-18-9-7-17(8-10-18)27(30)31;19-5-6-20-18(26)14-9-13(21-22-14)17-15(25)7-11(24)8-16(17)29-12-3-1-10(2-4-12)23(27)28/h2-10,13-15H,11-12,16H2,1H3,(H,28,32)(H,29,30);4-15H,3,16H2,1-2H3,(H,27,28);2-13H,14H2,1H3,(H,25,26)(H,28,29);1-4,7-9,24-25H,5-6H2,(H,20,26)(H,21,22). The summed E-state index contributed by atoms with van der Waals surface area (Å²) in [6.45, 7) is 6.79. The molecule has 0 bridgehead atoms. The number of benzene rings is 11. The van der Waals surface area contributed by atoms with Crippen LogP contribution in [0.25, 0.3) is 45.0 Å². The Morgan fingerprint density at radius 2 is 0.647 bits per heavy atom. The van der Waals surface area contributed by atoms with E-state index in [0.717, 1.165) is 39.4 Å². The predicted octanol–water partition coefficient (Wildman–Crippen LogP) is 19.5. The van der Waals surface area contributed by atoms with Crippen molar-refractivity contribution in [2.75, 3.05) is 33.0 Å². The van der Waals surface area contributed by atoms with E-state index in [1.165, 1.54) is 121 Å². The fraction of sp³-hybridized carbons (Fsp3) is 0.128. The van der Waals surface area contributed by atoms with Gasteiger partial charge in [0.2, 0.25) is 0 Å². The molecular weight excluding hydrogens is 1730 g/mol. The molecule has 0 saturated carbocycles. The Hall–Kier alpha value is -18.2. The molecule has 4 heterocycles. The third-order valence-electron chi connectivity index (χ3n) is 18.8. The van der Waals surface area contributed by atoms with Crippen LogP contribution >= 0.6 is 0 Å². The second-order valence-corrected chi connectivity index (χ2v) is 28.6. The highest BCUT2D eigenvalue weighted by Crippen LogP contribution is 2.47. The van der Waals surface area contributed by atoms with Crippen LogP contribution in [0.4, 0.5) is 31.5 Å². The number of hydrogen-bond donors (Lipinski definition) is 9. The Balaban J connectivity index is 0.000000160. The lowest BCUT2D eigenvalue weighted by Crippen LogP contribution is -2.25. The number of carbonyl (C=O) groups is 4. The van der Waals surface area contributed by atoms with E-state index in [2.05, 4.69) is 51.4 Å². The number of carboxylic acids is 1. The number of amides is 2. The van der Waals surface area contributed by atoms with Crippen molar-refractivity contribution >= 4 is 46.5 Å². The van der Waals surface area contributed by atoms with Crippen molar-refractivity contribution in [1.82, 2.24) is 51.4 Å². The first-order valence-corrected chi connectivity index (χ1v) is 40.2. The first-order valence-electron chi connectivity index (χ1n) is 40.2. The van der Waals surface area contributed by atoms with E-state index in [1.54, 1.807) is 25.1 Å². The molecule has 0 atom stereocenters. The normalized spacial score (nSPS) is 10.6. The molecule has 0 fully saturated rings. The van der Waals surface area contributed by atoms with Gasteiger partial charge in [0.25, 0.3) is 34.6 Å². The minimum atomic E-state index is -1.15. The van der Waals surface area contributed by atoms with Crippen molar-refractivity contribution in [1.29, 1.82) is 0 Å². The van der Waals surface area contributed by atoms with E-state index in [-0.39, 0.29) is 113 Å². The van der Waals surface area contributed by atoms with Crippen LogP contribution in [0.15, 0.2) is 261 Å². The Kier molecular flexibility index (Phi) is 31.6. The van der Waals surface area contributed by atoms with Gasteiger partial charge in [-0.2, -0.15) is 20.4 Å². The number of H-pyrrole nitrogens is 4. The third-order valence-corrected chi connectivity index (χ3v) is 18.8. The van der Waals surface area contributed by atoms with Crippen LogP contribution in [-0.4, -0.2) is 133 Å². The molecule has 4 aromatic heterocycles. The zero-order chi connectivity index (χ0) is 94.6. The Morgan fingerprint density at radius 3 is 0.940 bits per heavy atom. The number of halogens is 2. The molecule has 15 rings (SSSR count). The average molecular weight is 1810 g/mol. The summed E-state index contributed by atoms with van der Waals surface area (Å²) in [6.07, 6.45) is 0. The molecule has 9 N–H and O–H groups in total. The van der Waals surface area contributed by atoms with Gasteiger partial charge in [0, 0.05) is 73.8 Å². The number of aromatic amines is 4. The topological polar surface area (TPSA) is 514 Å². The second-order valence-electron chi connectivity index (χ2n) is 28.6. The fourth-order valence-corrected chi connectivity index (χ4v) is 12.7. The molecule has 0 saturated heterocycles. The minimum absolute atomic E-state index is 0.00132. The Morgan fingerprint density at radius 1 is 0.368 bits per heavy atom. The lowest BCUT2D eigenvalue weighted by molar-refractivity contribution is -0.385. The van der Waals surface area contributed by atoms with Gasteiger partial charge in [0.15, 0.2) is 0 Å². The largest absolute Gasteiger partial charge is 0.508 e.